The fourth-order valence-corrected chi connectivity index (χ4v) is 4.70. The maximum Gasteiger partial charge on any atom is 0.164 e. The smallest absolute Gasteiger partial charge is 0.164 e. The minimum atomic E-state index is -0.642. The highest BCUT2D eigenvalue weighted by molar-refractivity contribution is 6.17. The van der Waals surface area contributed by atoms with Gasteiger partial charge in [-0.15, -0.1) is 6.58 Å². The standard InChI is InChI=1S/C19H33BO2/c1-8-14(2)17(5)19(7,20)18(6,22-16(3,4)21-17)15-12-10-9-11-13-15/h8,14-15H,1,9-13H2,2-7H3/t14-,17?,18?,19?/m0/s1. The zero-order valence-corrected chi connectivity index (χ0v) is 15.4. The van der Waals surface area contributed by atoms with Crippen molar-refractivity contribution in [3.05, 3.63) is 12.7 Å². The molecule has 2 aliphatic rings. The van der Waals surface area contributed by atoms with Gasteiger partial charge in [0.1, 0.15) is 0 Å². The Kier molecular flexibility index (Phi) is 4.65. The number of hydrogen-bond acceptors (Lipinski definition) is 2. The third-order valence-corrected chi connectivity index (χ3v) is 6.58. The van der Waals surface area contributed by atoms with E-state index in [4.69, 9.17) is 17.3 Å². The first-order chi connectivity index (χ1) is 10.0. The maximum atomic E-state index is 6.97. The van der Waals surface area contributed by atoms with Gasteiger partial charge in [0, 0.05) is 5.92 Å². The van der Waals surface area contributed by atoms with Crippen molar-refractivity contribution in [2.75, 3.05) is 0 Å². The SMILES string of the molecule is [B]C1(C)C(C)(C2CCCCC2)OC(C)(C)OC1(C)[C@@H](C)C=C. The van der Waals surface area contributed by atoms with E-state index >= 15 is 0 Å². The number of hydrogen-bond donors (Lipinski definition) is 0. The summed E-state index contributed by atoms with van der Waals surface area (Å²) < 4.78 is 12.9. The Morgan fingerprint density at radius 2 is 1.59 bits per heavy atom. The zero-order valence-electron chi connectivity index (χ0n) is 15.4. The molecule has 4 atom stereocenters. The Balaban J connectivity index is 2.49. The Hall–Kier alpha value is -0.275. The first-order valence-corrected chi connectivity index (χ1v) is 8.82. The van der Waals surface area contributed by atoms with E-state index in [0.717, 1.165) is 0 Å². The maximum absolute atomic E-state index is 6.97. The molecule has 2 radical (unpaired) electrons. The fourth-order valence-electron chi connectivity index (χ4n) is 4.70. The lowest BCUT2D eigenvalue weighted by atomic mass is 9.45. The summed E-state index contributed by atoms with van der Waals surface area (Å²) in [5, 5.41) is -0.592. The van der Waals surface area contributed by atoms with Gasteiger partial charge in [-0.2, -0.15) is 0 Å². The first-order valence-electron chi connectivity index (χ1n) is 8.82. The average molecular weight is 304 g/mol. The van der Waals surface area contributed by atoms with E-state index in [9.17, 15) is 0 Å². The number of rotatable bonds is 3. The van der Waals surface area contributed by atoms with Crippen LogP contribution in [-0.4, -0.2) is 24.8 Å². The molecule has 0 aromatic heterocycles. The van der Waals surface area contributed by atoms with Crippen LogP contribution in [0.3, 0.4) is 0 Å². The Labute approximate surface area is 138 Å². The summed E-state index contributed by atoms with van der Waals surface area (Å²) in [6.07, 6.45) is 8.21. The van der Waals surface area contributed by atoms with Crippen molar-refractivity contribution < 1.29 is 9.47 Å². The predicted octanol–water partition coefficient (Wildman–Crippen LogP) is 5.04. The topological polar surface area (TPSA) is 18.5 Å². The normalized spacial score (nSPS) is 44.5. The lowest BCUT2D eigenvalue weighted by Gasteiger charge is -2.66. The Bertz CT molecular complexity index is 425. The monoisotopic (exact) mass is 304 g/mol. The quantitative estimate of drug-likeness (QED) is 0.537. The van der Waals surface area contributed by atoms with Gasteiger partial charge in [0.25, 0.3) is 0 Å². The summed E-state index contributed by atoms with van der Waals surface area (Å²) >= 11 is 0. The van der Waals surface area contributed by atoms with Crippen LogP contribution in [0, 0.1) is 11.8 Å². The predicted molar refractivity (Wildman–Crippen MR) is 93.1 cm³/mol. The van der Waals surface area contributed by atoms with E-state index in [1.165, 1.54) is 32.1 Å². The van der Waals surface area contributed by atoms with Gasteiger partial charge in [0.15, 0.2) is 5.79 Å². The lowest BCUT2D eigenvalue weighted by Crippen LogP contribution is -2.69. The van der Waals surface area contributed by atoms with E-state index in [0.29, 0.717) is 5.92 Å². The van der Waals surface area contributed by atoms with Gasteiger partial charge in [0.05, 0.1) is 19.0 Å². The van der Waals surface area contributed by atoms with Gasteiger partial charge in [-0.05, 0) is 51.8 Å². The van der Waals surface area contributed by atoms with E-state index in [-0.39, 0.29) is 5.92 Å². The third-order valence-electron chi connectivity index (χ3n) is 6.58. The molecule has 1 aliphatic carbocycles. The van der Waals surface area contributed by atoms with Crippen LogP contribution in [-0.2, 0) is 9.47 Å². The second-order valence-electron chi connectivity index (χ2n) is 8.38. The van der Waals surface area contributed by atoms with Gasteiger partial charge in [-0.25, -0.2) is 0 Å². The highest BCUT2D eigenvalue weighted by Crippen LogP contribution is 2.62. The molecule has 1 heterocycles. The van der Waals surface area contributed by atoms with Crippen LogP contribution >= 0.6 is 0 Å². The summed E-state index contributed by atoms with van der Waals surface area (Å²) in [6, 6.07) is 0. The molecule has 1 saturated carbocycles. The van der Waals surface area contributed by atoms with Crippen LogP contribution in [0.25, 0.3) is 0 Å². The molecule has 2 nitrogen and oxygen atoms in total. The molecule has 0 aromatic carbocycles. The van der Waals surface area contributed by atoms with Crippen LogP contribution in [0.4, 0.5) is 0 Å². The van der Waals surface area contributed by atoms with E-state index in [2.05, 4.69) is 34.3 Å². The Morgan fingerprint density at radius 1 is 1.05 bits per heavy atom. The minimum Gasteiger partial charge on any atom is -0.344 e. The molecule has 3 heteroatoms. The molecule has 22 heavy (non-hydrogen) atoms. The van der Waals surface area contributed by atoms with Crippen LogP contribution in [0.15, 0.2) is 12.7 Å². The molecule has 3 unspecified atom stereocenters. The fraction of sp³-hybridized carbons (Fsp3) is 0.895. The van der Waals surface area contributed by atoms with Crippen molar-refractivity contribution in [3.8, 4) is 0 Å². The molecule has 0 spiro atoms. The van der Waals surface area contributed by atoms with Gasteiger partial charge < -0.3 is 9.47 Å². The molecule has 0 aromatic rings. The minimum absolute atomic E-state index is 0.147. The van der Waals surface area contributed by atoms with E-state index in [1.54, 1.807) is 0 Å². The lowest BCUT2D eigenvalue weighted by molar-refractivity contribution is -0.390. The van der Waals surface area contributed by atoms with Crippen molar-refractivity contribution in [2.24, 2.45) is 11.8 Å². The van der Waals surface area contributed by atoms with Gasteiger partial charge in [-0.1, -0.05) is 39.2 Å². The molecular formula is C19H33BO2. The van der Waals surface area contributed by atoms with Crippen molar-refractivity contribution in [2.45, 2.75) is 96.0 Å². The van der Waals surface area contributed by atoms with Crippen LogP contribution in [0.1, 0.15) is 73.6 Å². The van der Waals surface area contributed by atoms with Crippen LogP contribution < -0.4 is 0 Å². The van der Waals surface area contributed by atoms with E-state index < -0.39 is 22.3 Å². The van der Waals surface area contributed by atoms with E-state index in [1.807, 2.05) is 19.9 Å². The summed E-state index contributed by atoms with van der Waals surface area (Å²) in [5.41, 5.74) is -0.913. The largest absolute Gasteiger partial charge is 0.344 e. The third kappa shape index (κ3) is 2.58. The molecular weight excluding hydrogens is 271 g/mol. The molecule has 0 N–H and O–H groups in total. The highest BCUT2D eigenvalue weighted by atomic mass is 16.7. The summed E-state index contributed by atoms with van der Waals surface area (Å²) in [7, 11) is 6.97. The molecule has 2 fully saturated rings. The highest BCUT2D eigenvalue weighted by Gasteiger charge is 2.64. The molecule has 0 bridgehead atoms. The second-order valence-corrected chi connectivity index (χ2v) is 8.38. The van der Waals surface area contributed by atoms with Crippen molar-refractivity contribution in [3.63, 3.8) is 0 Å². The second kappa shape index (κ2) is 5.67. The van der Waals surface area contributed by atoms with Crippen LogP contribution in [0.5, 0.6) is 0 Å². The Morgan fingerprint density at radius 3 is 2.09 bits per heavy atom. The average Bonchev–Trinajstić information content (AvgIpc) is 2.44. The molecule has 1 aliphatic heterocycles. The van der Waals surface area contributed by atoms with Gasteiger partial charge in [0.2, 0.25) is 0 Å². The molecule has 0 amide bonds. The zero-order chi connectivity index (χ0) is 16.8. The summed E-state index contributed by atoms with van der Waals surface area (Å²) in [6.45, 7) is 16.6. The molecule has 1 saturated heterocycles. The number of ether oxygens (including phenoxy) is 2. The van der Waals surface area contributed by atoms with Crippen molar-refractivity contribution in [1.29, 1.82) is 0 Å². The van der Waals surface area contributed by atoms with Gasteiger partial charge >= 0.3 is 0 Å². The summed E-state index contributed by atoms with van der Waals surface area (Å²) in [5.74, 6) is -0.0127. The van der Waals surface area contributed by atoms with Crippen LogP contribution in [0.2, 0.25) is 5.31 Å². The van der Waals surface area contributed by atoms with Crippen molar-refractivity contribution in [1.82, 2.24) is 0 Å². The first kappa shape index (κ1) is 18.1. The molecule has 124 valence electrons. The van der Waals surface area contributed by atoms with Gasteiger partial charge in [-0.3, -0.25) is 0 Å². The molecule has 2 rings (SSSR count). The summed E-state index contributed by atoms with van der Waals surface area (Å²) in [4.78, 5) is 0. The van der Waals surface area contributed by atoms with Crippen molar-refractivity contribution >= 4 is 7.85 Å².